The number of aryl methyl sites for hydroxylation is 2. The summed E-state index contributed by atoms with van der Waals surface area (Å²) in [5.41, 5.74) is 2.18. The van der Waals surface area contributed by atoms with Gasteiger partial charge in [-0.05, 0) is 25.5 Å². The maximum Gasteiger partial charge on any atom is 0.273 e. The lowest BCUT2D eigenvalue weighted by Gasteiger charge is -2.03. The second kappa shape index (κ2) is 5.74. The van der Waals surface area contributed by atoms with Crippen LogP contribution >= 0.6 is 0 Å². The number of rotatable bonds is 5. The van der Waals surface area contributed by atoms with Crippen LogP contribution in [0.4, 0.5) is 5.95 Å². The molecule has 0 unspecified atom stereocenters. The largest absolute Gasteiger partial charge is 0.354 e. The van der Waals surface area contributed by atoms with Crippen LogP contribution in [0.2, 0.25) is 0 Å². The van der Waals surface area contributed by atoms with E-state index in [2.05, 4.69) is 30.5 Å². The maximum atomic E-state index is 11.4. The lowest BCUT2D eigenvalue weighted by atomic mass is 10.3. The van der Waals surface area contributed by atoms with Crippen LogP contribution in [0.15, 0.2) is 29.1 Å². The fourth-order valence-corrected chi connectivity index (χ4v) is 2.06. The van der Waals surface area contributed by atoms with Crippen LogP contribution in [0.3, 0.4) is 0 Å². The van der Waals surface area contributed by atoms with Gasteiger partial charge in [0, 0.05) is 13.0 Å². The first kappa shape index (κ1) is 13.3. The molecule has 0 aliphatic carbocycles. The van der Waals surface area contributed by atoms with Crippen molar-refractivity contribution in [2.24, 2.45) is 0 Å². The van der Waals surface area contributed by atoms with Gasteiger partial charge in [0.25, 0.3) is 5.56 Å². The Balaban J connectivity index is 1.54. The summed E-state index contributed by atoms with van der Waals surface area (Å²) in [6.45, 7) is 2.31. The lowest BCUT2D eigenvalue weighted by molar-refractivity contribution is 0.802. The van der Waals surface area contributed by atoms with Gasteiger partial charge in [-0.3, -0.25) is 9.78 Å². The van der Waals surface area contributed by atoms with Crippen LogP contribution in [0.25, 0.3) is 11.0 Å². The van der Waals surface area contributed by atoms with Gasteiger partial charge < -0.3 is 10.3 Å². The van der Waals surface area contributed by atoms with Gasteiger partial charge in [0.15, 0.2) is 0 Å². The first-order valence-corrected chi connectivity index (χ1v) is 6.83. The van der Waals surface area contributed by atoms with E-state index in [-0.39, 0.29) is 5.56 Å². The summed E-state index contributed by atoms with van der Waals surface area (Å²) in [6, 6.07) is 7.95. The minimum Gasteiger partial charge on any atom is -0.354 e. The smallest absolute Gasteiger partial charge is 0.273 e. The summed E-state index contributed by atoms with van der Waals surface area (Å²) >= 11 is 0. The van der Waals surface area contributed by atoms with E-state index in [9.17, 15) is 4.79 Å². The van der Waals surface area contributed by atoms with E-state index in [0.717, 1.165) is 29.7 Å². The molecular weight excluding hydrogens is 268 g/mol. The van der Waals surface area contributed by atoms with Crippen LogP contribution < -0.4 is 10.9 Å². The number of H-pyrrole nitrogens is 2. The monoisotopic (exact) mass is 284 g/mol. The Labute approximate surface area is 120 Å². The molecule has 0 spiro atoms. The van der Waals surface area contributed by atoms with Crippen molar-refractivity contribution in [2.45, 2.75) is 19.8 Å². The number of hydrogen-bond donors (Lipinski definition) is 3. The third kappa shape index (κ3) is 3.07. The highest BCUT2D eigenvalue weighted by atomic mass is 16.1. The van der Waals surface area contributed by atoms with E-state index in [1.54, 1.807) is 6.92 Å². The second-order valence-electron chi connectivity index (χ2n) is 4.82. The quantitative estimate of drug-likeness (QED) is 0.615. The molecule has 7 nitrogen and oxygen atoms in total. The first-order chi connectivity index (χ1) is 10.2. The van der Waals surface area contributed by atoms with Gasteiger partial charge >= 0.3 is 0 Å². The number of para-hydroxylation sites is 2. The minimum atomic E-state index is -0.218. The maximum absolute atomic E-state index is 11.4. The van der Waals surface area contributed by atoms with Crippen molar-refractivity contribution < 1.29 is 0 Å². The Bertz CT molecular complexity index is 773. The average molecular weight is 284 g/mol. The summed E-state index contributed by atoms with van der Waals surface area (Å²) in [7, 11) is 0. The summed E-state index contributed by atoms with van der Waals surface area (Å²) in [6.07, 6.45) is 1.70. The molecular formula is C14H16N6O. The summed E-state index contributed by atoms with van der Waals surface area (Å²) in [5.74, 6) is 1.36. The molecule has 0 aliphatic heterocycles. The number of anilines is 1. The molecule has 2 heterocycles. The van der Waals surface area contributed by atoms with E-state index in [1.807, 2.05) is 24.3 Å². The van der Waals surface area contributed by atoms with E-state index in [1.165, 1.54) is 0 Å². The van der Waals surface area contributed by atoms with Crippen LogP contribution in [0.5, 0.6) is 0 Å². The predicted octanol–water partition coefficient (Wildman–Crippen LogP) is 1.39. The number of nitrogens with one attached hydrogen (secondary N) is 3. The molecule has 0 aliphatic rings. The summed E-state index contributed by atoms with van der Waals surface area (Å²) in [5, 5.41) is 10.7. The lowest BCUT2D eigenvalue weighted by Crippen LogP contribution is -2.17. The highest BCUT2D eigenvalue weighted by Gasteiger charge is 2.02. The van der Waals surface area contributed by atoms with Crippen molar-refractivity contribution in [1.82, 2.24) is 25.1 Å². The highest BCUT2D eigenvalue weighted by molar-refractivity contribution is 5.74. The molecule has 21 heavy (non-hydrogen) atoms. The Morgan fingerprint density at radius 3 is 2.86 bits per heavy atom. The Morgan fingerprint density at radius 2 is 2.05 bits per heavy atom. The van der Waals surface area contributed by atoms with E-state index < -0.39 is 0 Å². The summed E-state index contributed by atoms with van der Waals surface area (Å²) in [4.78, 5) is 21.8. The second-order valence-corrected chi connectivity index (χ2v) is 4.82. The van der Waals surface area contributed by atoms with Gasteiger partial charge in [-0.2, -0.15) is 0 Å². The first-order valence-electron chi connectivity index (χ1n) is 6.83. The molecule has 0 bridgehead atoms. The number of aromatic nitrogens is 5. The molecule has 7 heteroatoms. The van der Waals surface area contributed by atoms with Crippen molar-refractivity contribution >= 4 is 17.0 Å². The Kier molecular flexibility index (Phi) is 3.63. The molecule has 0 saturated carbocycles. The molecule has 1 aromatic carbocycles. The van der Waals surface area contributed by atoms with Crippen molar-refractivity contribution in [1.29, 1.82) is 0 Å². The zero-order valence-corrected chi connectivity index (χ0v) is 11.7. The van der Waals surface area contributed by atoms with E-state index in [0.29, 0.717) is 18.2 Å². The van der Waals surface area contributed by atoms with Crippen molar-refractivity contribution in [2.75, 3.05) is 11.9 Å². The molecule has 0 amide bonds. The third-order valence-electron chi connectivity index (χ3n) is 3.18. The summed E-state index contributed by atoms with van der Waals surface area (Å²) < 4.78 is 0. The molecule has 0 saturated heterocycles. The van der Waals surface area contributed by atoms with Crippen LogP contribution in [-0.2, 0) is 6.42 Å². The zero-order chi connectivity index (χ0) is 14.7. The molecule has 2 aromatic heterocycles. The van der Waals surface area contributed by atoms with E-state index in [4.69, 9.17) is 0 Å². The van der Waals surface area contributed by atoms with Gasteiger partial charge in [-0.15, -0.1) is 10.2 Å². The van der Waals surface area contributed by atoms with Gasteiger partial charge in [-0.25, -0.2) is 4.98 Å². The highest BCUT2D eigenvalue weighted by Crippen LogP contribution is 2.11. The molecule has 3 aromatic rings. The van der Waals surface area contributed by atoms with E-state index >= 15 is 0 Å². The molecule has 3 rings (SSSR count). The van der Waals surface area contributed by atoms with Crippen LogP contribution in [-0.4, -0.2) is 31.7 Å². The van der Waals surface area contributed by atoms with Gasteiger partial charge in [0.1, 0.15) is 11.5 Å². The average Bonchev–Trinajstić information content (AvgIpc) is 2.90. The number of imidazole rings is 1. The van der Waals surface area contributed by atoms with Crippen molar-refractivity contribution in [3.8, 4) is 0 Å². The molecule has 0 atom stereocenters. The standard InChI is InChI=1S/C14H16N6O/c1-9-13(21)18-14(20-19-9)15-8-4-7-12-16-10-5-2-3-6-11(10)17-12/h2-3,5-6H,4,7-8H2,1H3,(H,16,17)(H2,15,18,20,21). The molecule has 3 N–H and O–H groups in total. The number of hydrogen-bond acceptors (Lipinski definition) is 5. The Hall–Kier alpha value is -2.70. The fourth-order valence-electron chi connectivity index (χ4n) is 2.06. The topological polar surface area (TPSA) is 99.3 Å². The third-order valence-corrected chi connectivity index (χ3v) is 3.18. The van der Waals surface area contributed by atoms with Gasteiger partial charge in [0.05, 0.1) is 11.0 Å². The molecule has 0 radical (unpaired) electrons. The number of aromatic amines is 2. The minimum absolute atomic E-state index is 0.218. The zero-order valence-electron chi connectivity index (χ0n) is 11.7. The number of benzene rings is 1. The van der Waals surface area contributed by atoms with Gasteiger partial charge in [0.2, 0.25) is 5.95 Å². The number of fused-ring (bicyclic) bond motifs is 1. The Morgan fingerprint density at radius 1 is 1.19 bits per heavy atom. The fraction of sp³-hybridized carbons (Fsp3) is 0.286. The van der Waals surface area contributed by atoms with Crippen LogP contribution in [0.1, 0.15) is 17.9 Å². The molecule has 108 valence electrons. The van der Waals surface area contributed by atoms with Gasteiger partial charge in [-0.1, -0.05) is 12.1 Å². The predicted molar refractivity (Wildman–Crippen MR) is 80.3 cm³/mol. The SMILES string of the molecule is Cc1nnc(NCCCc2nc3ccccc3[nH]2)[nH]c1=O. The van der Waals surface area contributed by atoms with Crippen molar-refractivity contribution in [3.05, 3.63) is 46.1 Å². The van der Waals surface area contributed by atoms with Crippen LogP contribution in [0, 0.1) is 6.92 Å². The number of nitrogens with zero attached hydrogens (tertiary/aromatic N) is 3. The normalized spacial score (nSPS) is 10.9. The molecule has 0 fully saturated rings. The van der Waals surface area contributed by atoms with Crippen molar-refractivity contribution in [3.63, 3.8) is 0 Å².